The fraction of sp³-hybridized carbons (Fsp3) is 1.00. The Bertz CT molecular complexity index is 232. The van der Waals surface area contributed by atoms with Crippen molar-refractivity contribution in [2.24, 2.45) is 0 Å². The van der Waals surface area contributed by atoms with Gasteiger partial charge in [-0.1, -0.05) is 34.1 Å². The Hall–Kier alpha value is -0.0151. The largest absolute Gasteiger partial charge is 0.463 e. The summed E-state index contributed by atoms with van der Waals surface area (Å²) in [6.07, 6.45) is 2.17. The molecule has 1 atom stereocenters. The van der Waals surface area contributed by atoms with Crippen LogP contribution in [0.15, 0.2) is 0 Å². The molecule has 15 heavy (non-hydrogen) atoms. The van der Waals surface area contributed by atoms with Gasteiger partial charge in [-0.05, 0) is 32.5 Å². The molecule has 1 aliphatic rings. The molecule has 1 fully saturated rings. The van der Waals surface area contributed by atoms with Gasteiger partial charge in [-0.3, -0.25) is 0 Å². The Morgan fingerprint density at radius 2 is 1.60 bits per heavy atom. The number of hydrogen-bond donors (Lipinski definition) is 0. The van der Waals surface area contributed by atoms with Crippen LogP contribution in [0.1, 0.15) is 61.3 Å². The Kier molecular flexibility index (Phi) is 3.29. The van der Waals surface area contributed by atoms with Gasteiger partial charge in [0.15, 0.2) is 0 Å². The first-order chi connectivity index (χ1) is 6.62. The molecule has 0 saturated carbocycles. The molecule has 1 rings (SSSR count). The monoisotopic (exact) mass is 212 g/mol. The third-order valence-corrected chi connectivity index (χ3v) is 3.48. The van der Waals surface area contributed by atoms with Crippen molar-refractivity contribution in [2.45, 2.75) is 77.8 Å². The Morgan fingerprint density at radius 3 is 1.93 bits per heavy atom. The predicted molar refractivity (Wildman–Crippen MR) is 65.0 cm³/mol. The van der Waals surface area contributed by atoms with Crippen LogP contribution in [0.4, 0.5) is 0 Å². The summed E-state index contributed by atoms with van der Waals surface area (Å²) in [6, 6.07) is 0. The molecule has 3 heteroatoms. The average Bonchev–Trinajstić information content (AvgIpc) is 2.22. The molecule has 1 saturated heterocycles. The van der Waals surface area contributed by atoms with Crippen LogP contribution >= 0.6 is 0 Å². The van der Waals surface area contributed by atoms with Crippen molar-refractivity contribution >= 4 is 7.12 Å². The SMILES string of the molecule is CCCC1(C)OB(C(C)(C)C)OC1(C)C. The second-order valence-electron chi connectivity index (χ2n) is 6.42. The molecule has 0 aromatic carbocycles. The van der Waals surface area contributed by atoms with Crippen LogP contribution in [0.3, 0.4) is 0 Å². The first kappa shape index (κ1) is 13.1. The second-order valence-corrected chi connectivity index (χ2v) is 6.42. The van der Waals surface area contributed by atoms with Gasteiger partial charge >= 0.3 is 7.12 Å². The van der Waals surface area contributed by atoms with Crippen LogP contribution in [0.5, 0.6) is 0 Å². The third-order valence-electron chi connectivity index (χ3n) is 3.48. The second kappa shape index (κ2) is 3.78. The topological polar surface area (TPSA) is 18.5 Å². The van der Waals surface area contributed by atoms with Gasteiger partial charge in [0.1, 0.15) is 0 Å². The smallest absolute Gasteiger partial charge is 0.403 e. The third kappa shape index (κ3) is 2.39. The van der Waals surface area contributed by atoms with Gasteiger partial charge < -0.3 is 9.31 Å². The molecule has 0 aromatic rings. The molecule has 88 valence electrons. The molecule has 0 N–H and O–H groups in total. The summed E-state index contributed by atoms with van der Waals surface area (Å²) in [5.74, 6) is 0. The summed E-state index contributed by atoms with van der Waals surface area (Å²) in [7, 11) is -0.0935. The van der Waals surface area contributed by atoms with E-state index in [0.29, 0.717) is 0 Å². The zero-order valence-electron chi connectivity index (χ0n) is 11.3. The van der Waals surface area contributed by atoms with Gasteiger partial charge in [0.2, 0.25) is 0 Å². The molecule has 0 radical (unpaired) electrons. The lowest BCUT2D eigenvalue weighted by atomic mass is 9.61. The highest BCUT2D eigenvalue weighted by Gasteiger charge is 2.56. The van der Waals surface area contributed by atoms with E-state index in [9.17, 15) is 0 Å². The van der Waals surface area contributed by atoms with Crippen molar-refractivity contribution in [3.63, 3.8) is 0 Å². The minimum Gasteiger partial charge on any atom is -0.403 e. The van der Waals surface area contributed by atoms with Crippen molar-refractivity contribution in [1.82, 2.24) is 0 Å². The van der Waals surface area contributed by atoms with Crippen LogP contribution in [0.2, 0.25) is 5.31 Å². The van der Waals surface area contributed by atoms with Crippen LogP contribution in [-0.4, -0.2) is 18.3 Å². The molecule has 0 spiro atoms. The first-order valence-electron chi connectivity index (χ1n) is 5.98. The van der Waals surface area contributed by atoms with E-state index in [1.807, 2.05) is 0 Å². The highest BCUT2D eigenvalue weighted by atomic mass is 16.7. The Balaban J connectivity index is 2.85. The maximum Gasteiger partial charge on any atom is 0.463 e. The van der Waals surface area contributed by atoms with E-state index in [2.05, 4.69) is 48.5 Å². The molecular weight excluding hydrogens is 187 g/mol. The molecule has 1 heterocycles. The average molecular weight is 212 g/mol. The highest BCUT2D eigenvalue weighted by Crippen LogP contribution is 2.46. The van der Waals surface area contributed by atoms with E-state index in [0.717, 1.165) is 12.8 Å². The van der Waals surface area contributed by atoms with E-state index in [1.165, 1.54) is 0 Å². The standard InChI is InChI=1S/C12H25BO2/c1-8-9-12(7)11(5,6)14-13(15-12)10(2,3)4/h8-9H2,1-7H3. The zero-order valence-corrected chi connectivity index (χ0v) is 11.3. The molecule has 0 aliphatic carbocycles. The molecule has 1 aliphatic heterocycles. The van der Waals surface area contributed by atoms with Crippen LogP contribution in [0, 0.1) is 0 Å². The normalized spacial score (nSPS) is 31.0. The van der Waals surface area contributed by atoms with E-state index >= 15 is 0 Å². The first-order valence-corrected chi connectivity index (χ1v) is 5.98. The highest BCUT2D eigenvalue weighted by molar-refractivity contribution is 6.49. The van der Waals surface area contributed by atoms with E-state index < -0.39 is 0 Å². The molecule has 2 nitrogen and oxygen atoms in total. The van der Waals surface area contributed by atoms with E-state index in [-0.39, 0.29) is 23.6 Å². The summed E-state index contributed by atoms with van der Waals surface area (Å²) >= 11 is 0. The van der Waals surface area contributed by atoms with Gasteiger partial charge in [0, 0.05) is 0 Å². The fourth-order valence-electron chi connectivity index (χ4n) is 1.99. The summed E-state index contributed by atoms with van der Waals surface area (Å²) in [6.45, 7) is 15.1. The maximum absolute atomic E-state index is 6.15. The van der Waals surface area contributed by atoms with Crippen LogP contribution < -0.4 is 0 Å². The summed E-state index contributed by atoms with van der Waals surface area (Å²) in [5.41, 5.74) is -0.347. The van der Waals surface area contributed by atoms with Crippen molar-refractivity contribution in [3.8, 4) is 0 Å². The van der Waals surface area contributed by atoms with Gasteiger partial charge in [-0.25, -0.2) is 0 Å². The molecule has 0 aromatic heterocycles. The molecule has 1 unspecified atom stereocenters. The van der Waals surface area contributed by atoms with Crippen LogP contribution in [0.25, 0.3) is 0 Å². The minimum atomic E-state index is -0.193. The molecule has 0 bridgehead atoms. The van der Waals surface area contributed by atoms with Crippen molar-refractivity contribution in [2.75, 3.05) is 0 Å². The lowest BCUT2D eigenvalue weighted by molar-refractivity contribution is -0.0159. The van der Waals surface area contributed by atoms with Gasteiger partial charge in [-0.15, -0.1) is 0 Å². The summed E-state index contributed by atoms with van der Waals surface area (Å²) in [5, 5.41) is 0.0444. The van der Waals surface area contributed by atoms with E-state index in [1.54, 1.807) is 0 Å². The number of hydrogen-bond acceptors (Lipinski definition) is 2. The molecule has 0 amide bonds. The summed E-state index contributed by atoms with van der Waals surface area (Å²) < 4.78 is 12.2. The van der Waals surface area contributed by atoms with Crippen LogP contribution in [-0.2, 0) is 9.31 Å². The van der Waals surface area contributed by atoms with Gasteiger partial charge in [-0.2, -0.15) is 0 Å². The van der Waals surface area contributed by atoms with Crippen molar-refractivity contribution in [1.29, 1.82) is 0 Å². The number of rotatable bonds is 2. The van der Waals surface area contributed by atoms with Crippen molar-refractivity contribution in [3.05, 3.63) is 0 Å². The lowest BCUT2D eigenvalue weighted by Gasteiger charge is -2.36. The summed E-state index contributed by atoms with van der Waals surface area (Å²) in [4.78, 5) is 0. The molecular formula is C12H25BO2. The van der Waals surface area contributed by atoms with E-state index in [4.69, 9.17) is 9.31 Å². The minimum absolute atomic E-state index is 0.0444. The Labute approximate surface area is 94.9 Å². The van der Waals surface area contributed by atoms with Gasteiger partial charge in [0.05, 0.1) is 11.2 Å². The zero-order chi connectivity index (χ0) is 11.9. The Morgan fingerprint density at radius 1 is 1.07 bits per heavy atom. The fourth-order valence-corrected chi connectivity index (χ4v) is 1.99. The van der Waals surface area contributed by atoms with Gasteiger partial charge in [0.25, 0.3) is 0 Å². The quantitative estimate of drug-likeness (QED) is 0.650. The predicted octanol–water partition coefficient (Wildman–Crippen LogP) is 3.66. The maximum atomic E-state index is 6.15. The van der Waals surface area contributed by atoms with Crippen molar-refractivity contribution < 1.29 is 9.31 Å². The lowest BCUT2D eigenvalue weighted by Crippen LogP contribution is -2.44.